The molecule has 0 nitrogen and oxygen atoms in total. The lowest BCUT2D eigenvalue weighted by Crippen LogP contribution is -2.23. The Balaban J connectivity index is 1.71. The monoisotopic (exact) mass is 232 g/mol. The zero-order chi connectivity index (χ0) is 12.1. The maximum Gasteiger partial charge on any atom is -0.0203 e. The molecule has 0 unspecified atom stereocenters. The zero-order valence-electron chi connectivity index (χ0n) is 11.7. The maximum atomic E-state index is 2.42. The van der Waals surface area contributed by atoms with Gasteiger partial charge in [0.15, 0.2) is 0 Å². The molecular weight excluding hydrogens is 204 g/mol. The summed E-state index contributed by atoms with van der Waals surface area (Å²) in [4.78, 5) is 0. The highest BCUT2D eigenvalue weighted by molar-refractivity contribution is 5.07. The predicted molar refractivity (Wildman–Crippen MR) is 75.5 cm³/mol. The van der Waals surface area contributed by atoms with E-state index in [9.17, 15) is 0 Å². The van der Waals surface area contributed by atoms with Crippen molar-refractivity contribution in [2.75, 3.05) is 0 Å². The van der Waals surface area contributed by atoms with Gasteiger partial charge in [0, 0.05) is 0 Å². The van der Waals surface area contributed by atoms with E-state index in [1.807, 2.05) is 5.92 Å². The van der Waals surface area contributed by atoms with Crippen LogP contribution in [0.15, 0.2) is 12.2 Å². The highest BCUT2D eigenvalue weighted by atomic mass is 14.3. The molecule has 0 saturated heterocycles. The first-order chi connectivity index (χ1) is 8.29. The Morgan fingerprint density at radius 3 is 2.24 bits per heavy atom. The van der Waals surface area contributed by atoms with Crippen LogP contribution in [0, 0.1) is 23.7 Å². The van der Waals surface area contributed by atoms with Crippen molar-refractivity contribution < 1.29 is 0 Å². The molecule has 0 bridgehead atoms. The first-order valence-corrected chi connectivity index (χ1v) is 7.59. The minimum atomic E-state index is 0.983. The minimum Gasteiger partial charge on any atom is -0.0916 e. The summed E-state index contributed by atoms with van der Waals surface area (Å²) >= 11 is 0. The Morgan fingerprint density at radius 2 is 1.65 bits per heavy atom. The molecule has 0 aliphatic heterocycles. The van der Waals surface area contributed by atoms with E-state index in [0.29, 0.717) is 0 Å². The van der Waals surface area contributed by atoms with Crippen molar-refractivity contribution in [2.24, 2.45) is 11.8 Å². The third-order valence-corrected chi connectivity index (χ3v) is 4.83. The molecule has 2 rings (SSSR count). The van der Waals surface area contributed by atoms with E-state index in [-0.39, 0.29) is 0 Å². The molecule has 0 atom stereocenters. The molecule has 0 N–H and O–H groups in total. The first-order valence-electron chi connectivity index (χ1n) is 7.59. The second-order valence-electron chi connectivity index (χ2n) is 6.14. The molecule has 0 aromatic rings. The average Bonchev–Trinajstić information content (AvgIpc) is 2.38. The van der Waals surface area contributed by atoms with E-state index in [0.717, 1.165) is 11.8 Å². The lowest BCUT2D eigenvalue weighted by Gasteiger charge is -2.36. The molecule has 0 amide bonds. The summed E-state index contributed by atoms with van der Waals surface area (Å²) in [6.07, 6.45) is 17.3. The molecule has 0 heteroatoms. The van der Waals surface area contributed by atoms with Crippen molar-refractivity contribution in [2.45, 2.75) is 71.6 Å². The van der Waals surface area contributed by atoms with Crippen LogP contribution >= 0.6 is 0 Å². The molecule has 0 aromatic carbocycles. The predicted octanol–water partition coefficient (Wildman–Crippen LogP) is 5.50. The van der Waals surface area contributed by atoms with Gasteiger partial charge in [-0.25, -0.2) is 0 Å². The van der Waals surface area contributed by atoms with Crippen LogP contribution in [-0.2, 0) is 0 Å². The van der Waals surface area contributed by atoms with Gasteiger partial charge in [0.1, 0.15) is 0 Å². The van der Waals surface area contributed by atoms with Crippen LogP contribution in [0.25, 0.3) is 0 Å². The van der Waals surface area contributed by atoms with Crippen LogP contribution in [0.4, 0.5) is 0 Å². The van der Waals surface area contributed by atoms with Crippen LogP contribution in [-0.4, -0.2) is 0 Å². The summed E-state index contributed by atoms with van der Waals surface area (Å²) in [5.41, 5.74) is 0. The molecule has 0 heterocycles. The van der Waals surface area contributed by atoms with Crippen LogP contribution in [0.1, 0.15) is 71.6 Å². The van der Waals surface area contributed by atoms with E-state index < -0.39 is 0 Å². The fourth-order valence-corrected chi connectivity index (χ4v) is 3.46. The summed E-state index contributed by atoms with van der Waals surface area (Å²) in [5.74, 6) is 5.69. The molecule has 96 valence electrons. The van der Waals surface area contributed by atoms with E-state index >= 15 is 0 Å². The van der Waals surface area contributed by atoms with Crippen molar-refractivity contribution in [3.05, 3.63) is 24.0 Å². The highest BCUT2D eigenvalue weighted by Crippen LogP contribution is 2.43. The smallest absolute Gasteiger partial charge is 0.0203 e. The van der Waals surface area contributed by atoms with Gasteiger partial charge in [-0.2, -0.15) is 0 Å². The lowest BCUT2D eigenvalue weighted by molar-refractivity contribution is 0.302. The lowest BCUT2D eigenvalue weighted by atomic mass is 9.69. The Kier molecular flexibility index (Phi) is 5.13. The summed E-state index contributed by atoms with van der Waals surface area (Å²) in [7, 11) is 0. The van der Waals surface area contributed by atoms with Crippen LogP contribution in [0.2, 0.25) is 0 Å². The van der Waals surface area contributed by atoms with Gasteiger partial charge >= 0.3 is 0 Å². The van der Waals surface area contributed by atoms with E-state index in [1.165, 1.54) is 57.8 Å². The Bertz CT molecular complexity index is 224. The highest BCUT2D eigenvalue weighted by Gasteiger charge is 2.29. The normalized spacial score (nSPS) is 26.9. The third kappa shape index (κ3) is 3.86. The molecule has 0 spiro atoms. The van der Waals surface area contributed by atoms with Gasteiger partial charge in [-0.1, -0.05) is 31.9 Å². The van der Waals surface area contributed by atoms with Crippen molar-refractivity contribution in [3.63, 3.8) is 0 Å². The molecule has 2 saturated carbocycles. The van der Waals surface area contributed by atoms with Gasteiger partial charge in [-0.05, 0) is 75.5 Å². The zero-order valence-corrected chi connectivity index (χ0v) is 11.7. The fourth-order valence-electron chi connectivity index (χ4n) is 3.46. The molecule has 2 aliphatic rings. The van der Waals surface area contributed by atoms with Gasteiger partial charge in [0.25, 0.3) is 0 Å². The van der Waals surface area contributed by atoms with E-state index in [1.54, 1.807) is 5.92 Å². The Labute approximate surface area is 108 Å². The topological polar surface area (TPSA) is 0 Å². The van der Waals surface area contributed by atoms with Crippen molar-refractivity contribution in [3.8, 4) is 0 Å². The summed E-state index contributed by atoms with van der Waals surface area (Å²) in [5, 5.41) is 0. The van der Waals surface area contributed by atoms with E-state index in [4.69, 9.17) is 0 Å². The van der Waals surface area contributed by atoms with Gasteiger partial charge in [-0.3, -0.25) is 0 Å². The fraction of sp³-hybridized carbons (Fsp3) is 0.765. The Morgan fingerprint density at radius 1 is 1.00 bits per heavy atom. The van der Waals surface area contributed by atoms with Gasteiger partial charge in [0.2, 0.25) is 0 Å². The SMILES string of the molecule is CC=CC[C]1CCC([C]2CCC(C)CC2)CC1. The standard InChI is InChI=1S/C17H28/c1-3-4-5-15-8-12-17(13-9-15)16-10-6-14(2)7-11-16/h3-4,14,17H,5-13H2,1-2H3. The van der Waals surface area contributed by atoms with Crippen molar-refractivity contribution >= 4 is 0 Å². The first kappa shape index (κ1) is 13.2. The molecule has 2 fully saturated rings. The molecule has 2 aliphatic carbocycles. The minimum absolute atomic E-state index is 0.983. The second-order valence-corrected chi connectivity index (χ2v) is 6.14. The number of hydrogen-bond acceptors (Lipinski definition) is 0. The quantitative estimate of drug-likeness (QED) is 0.563. The second kappa shape index (κ2) is 6.61. The van der Waals surface area contributed by atoms with Crippen LogP contribution in [0.3, 0.4) is 0 Å². The maximum absolute atomic E-state index is 2.42. The molecule has 17 heavy (non-hydrogen) atoms. The van der Waals surface area contributed by atoms with Crippen molar-refractivity contribution in [1.29, 1.82) is 0 Å². The third-order valence-electron chi connectivity index (χ3n) is 4.83. The van der Waals surface area contributed by atoms with Gasteiger partial charge < -0.3 is 0 Å². The van der Waals surface area contributed by atoms with Gasteiger partial charge in [0.05, 0.1) is 0 Å². The van der Waals surface area contributed by atoms with Gasteiger partial charge in [-0.15, -0.1) is 0 Å². The molecular formula is C17H28. The molecule has 2 radical (unpaired) electrons. The largest absolute Gasteiger partial charge is 0.0916 e. The van der Waals surface area contributed by atoms with Crippen LogP contribution in [0.5, 0.6) is 0 Å². The average molecular weight is 232 g/mol. The number of allylic oxidation sites excluding steroid dienone is 2. The summed E-state index contributed by atoms with van der Waals surface area (Å²) in [6, 6.07) is 0. The Hall–Kier alpha value is -0.260. The van der Waals surface area contributed by atoms with Crippen molar-refractivity contribution in [1.82, 2.24) is 0 Å². The summed E-state index contributed by atoms with van der Waals surface area (Å²) in [6.45, 7) is 4.55. The molecule has 0 aromatic heterocycles. The number of rotatable bonds is 3. The van der Waals surface area contributed by atoms with E-state index in [2.05, 4.69) is 26.0 Å². The number of hydrogen-bond donors (Lipinski definition) is 0. The summed E-state index contributed by atoms with van der Waals surface area (Å²) < 4.78 is 0. The van der Waals surface area contributed by atoms with Crippen LogP contribution < -0.4 is 0 Å².